The molecule has 1 spiro atoms. The van der Waals surface area contributed by atoms with Gasteiger partial charge in [0.25, 0.3) is 11.8 Å². The molecular formula is C20H26N2O4. The fourth-order valence-electron chi connectivity index (χ4n) is 4.72. The summed E-state index contributed by atoms with van der Waals surface area (Å²) in [5.74, 6) is 0.286. The normalized spacial score (nSPS) is 26.3. The lowest BCUT2D eigenvalue weighted by Gasteiger charge is -2.57. The molecule has 2 aliphatic carbocycles. The fraction of sp³-hybridized carbons (Fsp3) is 0.600. The number of benzene rings is 1. The molecule has 0 unspecified atom stereocenters. The van der Waals surface area contributed by atoms with E-state index in [2.05, 4.69) is 10.6 Å². The summed E-state index contributed by atoms with van der Waals surface area (Å²) in [7, 11) is 0. The van der Waals surface area contributed by atoms with Crippen LogP contribution in [0.1, 0.15) is 55.8 Å². The van der Waals surface area contributed by atoms with Crippen molar-refractivity contribution in [2.24, 2.45) is 5.41 Å². The van der Waals surface area contributed by atoms with Gasteiger partial charge in [-0.25, -0.2) is 0 Å². The highest BCUT2D eigenvalue weighted by atomic mass is 16.5. The molecular weight excluding hydrogens is 332 g/mol. The maximum absolute atomic E-state index is 12.8. The summed E-state index contributed by atoms with van der Waals surface area (Å²) >= 11 is 0. The van der Waals surface area contributed by atoms with Crippen molar-refractivity contribution in [3.63, 3.8) is 0 Å². The van der Waals surface area contributed by atoms with E-state index in [-0.39, 0.29) is 36.0 Å². The summed E-state index contributed by atoms with van der Waals surface area (Å²) in [4.78, 5) is 24.2. The van der Waals surface area contributed by atoms with Gasteiger partial charge < -0.3 is 20.1 Å². The molecule has 1 aromatic rings. The lowest BCUT2D eigenvalue weighted by molar-refractivity contribution is -0.146. The van der Waals surface area contributed by atoms with Crippen LogP contribution < -0.4 is 15.4 Å². The van der Waals surface area contributed by atoms with Crippen molar-refractivity contribution in [1.82, 2.24) is 5.32 Å². The Bertz CT molecular complexity index is 712. The first kappa shape index (κ1) is 17.3. The monoisotopic (exact) mass is 358 g/mol. The molecule has 2 atom stereocenters. The highest BCUT2D eigenvalue weighted by Gasteiger charge is 2.56. The second-order valence-corrected chi connectivity index (χ2v) is 7.55. The fourth-order valence-corrected chi connectivity index (χ4v) is 4.72. The number of fused-ring (bicyclic) bond motifs is 1. The number of hydrogen-bond acceptors (Lipinski definition) is 4. The predicted molar refractivity (Wildman–Crippen MR) is 97.4 cm³/mol. The lowest BCUT2D eigenvalue weighted by Crippen LogP contribution is -2.65. The van der Waals surface area contributed by atoms with Crippen molar-refractivity contribution in [2.45, 2.75) is 57.6 Å². The van der Waals surface area contributed by atoms with Crippen LogP contribution in [0.4, 0.5) is 5.69 Å². The third-order valence-corrected chi connectivity index (χ3v) is 6.12. The van der Waals surface area contributed by atoms with Crippen LogP contribution in [0.2, 0.25) is 0 Å². The molecule has 2 N–H and O–H groups in total. The molecule has 140 valence electrons. The van der Waals surface area contributed by atoms with Gasteiger partial charge >= 0.3 is 0 Å². The first-order valence-corrected chi connectivity index (χ1v) is 9.61. The zero-order valence-corrected chi connectivity index (χ0v) is 15.2. The summed E-state index contributed by atoms with van der Waals surface area (Å²) in [5.41, 5.74) is 1.27. The van der Waals surface area contributed by atoms with Gasteiger partial charge in [0.15, 0.2) is 6.61 Å². The van der Waals surface area contributed by atoms with Crippen molar-refractivity contribution in [2.75, 3.05) is 18.5 Å². The summed E-state index contributed by atoms with van der Waals surface area (Å²) in [6.07, 6.45) is 7.10. The smallest absolute Gasteiger partial charge is 0.262 e. The molecule has 1 aliphatic heterocycles. The molecule has 2 saturated carbocycles. The summed E-state index contributed by atoms with van der Waals surface area (Å²) in [6.45, 7) is 2.75. The van der Waals surface area contributed by atoms with E-state index < -0.39 is 0 Å². The Morgan fingerprint density at radius 3 is 2.92 bits per heavy atom. The van der Waals surface area contributed by atoms with E-state index in [1.54, 1.807) is 18.2 Å². The number of amides is 2. The Hall–Kier alpha value is -2.08. The second-order valence-electron chi connectivity index (χ2n) is 7.55. The quantitative estimate of drug-likeness (QED) is 0.868. The average molecular weight is 358 g/mol. The number of hydrogen-bond donors (Lipinski definition) is 2. The number of nitrogens with one attached hydrogen (secondary N) is 2. The minimum absolute atomic E-state index is 0.0140. The Morgan fingerprint density at radius 2 is 2.15 bits per heavy atom. The SMILES string of the molecule is CCO[C@H]1C[C@H](NC(=O)c2ccc3c(c2)OCC(=O)N3)C12CCCCC2. The van der Waals surface area contributed by atoms with Gasteiger partial charge in [-0.15, -0.1) is 0 Å². The maximum Gasteiger partial charge on any atom is 0.262 e. The van der Waals surface area contributed by atoms with Crippen LogP contribution in [0.25, 0.3) is 0 Å². The molecule has 0 radical (unpaired) electrons. The summed E-state index contributed by atoms with van der Waals surface area (Å²) in [5, 5.41) is 5.98. The molecule has 0 saturated heterocycles. The van der Waals surface area contributed by atoms with E-state index in [0.29, 0.717) is 17.0 Å². The van der Waals surface area contributed by atoms with Crippen LogP contribution in [0.3, 0.4) is 0 Å². The summed E-state index contributed by atoms with van der Waals surface area (Å²) < 4.78 is 11.4. The first-order valence-electron chi connectivity index (χ1n) is 9.61. The zero-order valence-electron chi connectivity index (χ0n) is 15.2. The van der Waals surface area contributed by atoms with E-state index in [0.717, 1.165) is 25.9 Å². The van der Waals surface area contributed by atoms with Crippen molar-refractivity contribution in [3.05, 3.63) is 23.8 Å². The largest absolute Gasteiger partial charge is 0.482 e. The highest BCUT2D eigenvalue weighted by molar-refractivity contribution is 5.99. The zero-order chi connectivity index (χ0) is 18.1. The number of anilines is 1. The number of rotatable bonds is 4. The van der Waals surface area contributed by atoms with Crippen LogP contribution in [-0.4, -0.2) is 37.2 Å². The van der Waals surface area contributed by atoms with Crippen LogP contribution in [0.15, 0.2) is 18.2 Å². The van der Waals surface area contributed by atoms with E-state index >= 15 is 0 Å². The molecule has 0 bridgehead atoms. The summed E-state index contributed by atoms with van der Waals surface area (Å²) in [6, 6.07) is 5.33. The Balaban J connectivity index is 1.47. The third-order valence-electron chi connectivity index (χ3n) is 6.12. The lowest BCUT2D eigenvalue weighted by atomic mass is 9.55. The van der Waals surface area contributed by atoms with Gasteiger partial charge in [0.2, 0.25) is 0 Å². The van der Waals surface area contributed by atoms with Gasteiger partial charge in [-0.1, -0.05) is 19.3 Å². The molecule has 2 fully saturated rings. The van der Waals surface area contributed by atoms with Gasteiger partial charge in [-0.05, 0) is 44.4 Å². The van der Waals surface area contributed by atoms with Gasteiger partial charge in [0.05, 0.1) is 11.8 Å². The van der Waals surface area contributed by atoms with Gasteiger partial charge in [-0.3, -0.25) is 9.59 Å². The molecule has 2 amide bonds. The molecule has 6 heteroatoms. The van der Waals surface area contributed by atoms with Crippen molar-refractivity contribution in [3.8, 4) is 5.75 Å². The van der Waals surface area contributed by atoms with Crippen LogP contribution in [-0.2, 0) is 9.53 Å². The maximum atomic E-state index is 12.8. The number of ether oxygens (including phenoxy) is 2. The highest BCUT2D eigenvalue weighted by Crippen LogP contribution is 2.53. The van der Waals surface area contributed by atoms with Gasteiger partial charge in [0.1, 0.15) is 5.75 Å². The van der Waals surface area contributed by atoms with Crippen LogP contribution in [0.5, 0.6) is 5.75 Å². The Morgan fingerprint density at radius 1 is 1.35 bits per heavy atom. The van der Waals surface area contributed by atoms with E-state index in [1.165, 1.54) is 19.3 Å². The van der Waals surface area contributed by atoms with E-state index in [1.807, 2.05) is 6.92 Å². The molecule has 1 aromatic carbocycles. The van der Waals surface area contributed by atoms with E-state index in [9.17, 15) is 9.59 Å². The molecule has 0 aromatic heterocycles. The van der Waals surface area contributed by atoms with E-state index in [4.69, 9.17) is 9.47 Å². The number of carbonyl (C=O) groups is 2. The molecule has 4 rings (SSSR count). The predicted octanol–water partition coefficient (Wildman–Crippen LogP) is 2.88. The van der Waals surface area contributed by atoms with Crippen molar-refractivity contribution >= 4 is 17.5 Å². The minimum atomic E-state index is -0.176. The van der Waals surface area contributed by atoms with Crippen LogP contribution in [0, 0.1) is 5.41 Å². The van der Waals surface area contributed by atoms with Crippen molar-refractivity contribution in [1.29, 1.82) is 0 Å². The average Bonchev–Trinajstić information content (AvgIpc) is 2.67. The Kier molecular flexibility index (Phi) is 4.61. The first-order chi connectivity index (χ1) is 12.6. The van der Waals surface area contributed by atoms with Gasteiger partial charge in [-0.2, -0.15) is 0 Å². The Labute approximate surface area is 153 Å². The minimum Gasteiger partial charge on any atom is -0.482 e. The van der Waals surface area contributed by atoms with Crippen molar-refractivity contribution < 1.29 is 19.1 Å². The molecule has 26 heavy (non-hydrogen) atoms. The second kappa shape index (κ2) is 6.91. The topological polar surface area (TPSA) is 76.7 Å². The standard InChI is InChI=1S/C20H26N2O4/c1-2-25-17-11-16(20(17)8-4-3-5-9-20)22-19(24)13-6-7-14-15(10-13)26-12-18(23)21-14/h6-7,10,16-17H,2-5,8-9,11-12H2,1H3,(H,21,23)(H,22,24)/t16-,17-/m0/s1. The molecule has 1 heterocycles. The number of carbonyl (C=O) groups excluding carboxylic acids is 2. The van der Waals surface area contributed by atoms with Crippen LogP contribution >= 0.6 is 0 Å². The molecule has 6 nitrogen and oxygen atoms in total. The molecule has 3 aliphatic rings. The van der Waals surface area contributed by atoms with Gasteiger partial charge in [0, 0.05) is 23.6 Å². The third kappa shape index (κ3) is 2.96.